The summed E-state index contributed by atoms with van der Waals surface area (Å²) in [4.78, 5) is 16.7. The van der Waals surface area contributed by atoms with Crippen LogP contribution >= 0.6 is 34.3 Å². The van der Waals surface area contributed by atoms with E-state index < -0.39 is 23.1 Å². The van der Waals surface area contributed by atoms with Crippen molar-refractivity contribution in [2.75, 3.05) is 0 Å². The molecule has 1 atom stereocenters. The van der Waals surface area contributed by atoms with E-state index >= 15 is 0 Å². The largest absolute Gasteiger partial charge is 0.593 e. The van der Waals surface area contributed by atoms with Crippen molar-refractivity contribution in [3.05, 3.63) is 103 Å². The normalized spacial score (nSPS) is 13.5. The van der Waals surface area contributed by atoms with Crippen molar-refractivity contribution < 1.29 is 18.8 Å². The lowest BCUT2D eigenvalue weighted by Gasteiger charge is -2.10. The Balaban J connectivity index is 1.48. The van der Waals surface area contributed by atoms with Gasteiger partial charge in [0.2, 0.25) is 10.0 Å². The third kappa shape index (κ3) is 6.29. The van der Waals surface area contributed by atoms with E-state index in [9.17, 15) is 18.8 Å². The smallest absolute Gasteiger partial charge is 0.355 e. The topological polar surface area (TPSA) is 117 Å². The fourth-order valence-electron chi connectivity index (χ4n) is 4.61. The Morgan fingerprint density at radius 1 is 1.21 bits per heavy atom. The number of carboxylic acids is 1. The minimum absolute atomic E-state index is 0.0515. The predicted molar refractivity (Wildman–Crippen MR) is 163 cm³/mol. The van der Waals surface area contributed by atoms with Crippen LogP contribution in [0.1, 0.15) is 50.6 Å². The van der Waals surface area contributed by atoms with Crippen LogP contribution in [0.3, 0.4) is 0 Å². The first-order valence-electron chi connectivity index (χ1n) is 12.9. The predicted octanol–water partition coefficient (Wildman–Crippen LogP) is 6.47. The molecule has 0 amide bonds. The number of nitrogens with two attached hydrogens (primary N) is 1. The van der Waals surface area contributed by atoms with Gasteiger partial charge in [-0.1, -0.05) is 41.6 Å². The number of thiazole rings is 1. The molecule has 6 rings (SSSR count). The van der Waals surface area contributed by atoms with Crippen LogP contribution in [-0.4, -0.2) is 30.4 Å². The molecule has 2 aromatic carbocycles. The molecule has 3 heterocycles. The Kier molecular flexibility index (Phi) is 8.18. The molecule has 7 nitrogen and oxygen atoms in total. The van der Waals surface area contributed by atoms with Crippen LogP contribution in [0.5, 0.6) is 0 Å². The van der Waals surface area contributed by atoms with E-state index in [0.29, 0.717) is 33.1 Å². The molecule has 1 aliphatic carbocycles. The molecule has 0 spiro atoms. The second-order valence-corrected chi connectivity index (χ2v) is 13.4. The summed E-state index contributed by atoms with van der Waals surface area (Å²) in [6, 6.07) is 15.9. The fraction of sp³-hybridized carbons (Fsp3) is 0.167. The maximum atomic E-state index is 14.8. The molecular formula is C30H22ClFN4O3S3. The molecule has 0 radical (unpaired) electrons. The number of carbonyl (C=O) groups is 1. The first-order valence-corrected chi connectivity index (χ1v) is 16.2. The van der Waals surface area contributed by atoms with Crippen molar-refractivity contribution in [2.24, 2.45) is 11.1 Å². The third-order valence-electron chi connectivity index (χ3n) is 6.79. The number of thiophene rings is 1. The van der Waals surface area contributed by atoms with Crippen molar-refractivity contribution in [3.8, 4) is 28.2 Å². The minimum Gasteiger partial charge on any atom is -0.593 e. The maximum Gasteiger partial charge on any atom is 0.355 e. The number of benzene rings is 2. The number of hydrogen-bond acceptors (Lipinski definition) is 7. The van der Waals surface area contributed by atoms with E-state index in [2.05, 4.69) is 16.8 Å². The van der Waals surface area contributed by atoms with E-state index in [0.717, 1.165) is 46.5 Å². The van der Waals surface area contributed by atoms with Crippen molar-refractivity contribution in [2.45, 2.75) is 30.6 Å². The van der Waals surface area contributed by atoms with Gasteiger partial charge in [0.25, 0.3) is 0 Å². The van der Waals surface area contributed by atoms with Crippen LogP contribution in [0, 0.1) is 23.6 Å². The van der Waals surface area contributed by atoms with Crippen LogP contribution in [-0.2, 0) is 24.2 Å². The van der Waals surface area contributed by atoms with E-state index in [-0.39, 0.29) is 10.6 Å². The molecule has 0 saturated heterocycles. The van der Waals surface area contributed by atoms with E-state index in [1.54, 1.807) is 10.7 Å². The Morgan fingerprint density at radius 3 is 2.71 bits per heavy atom. The highest BCUT2D eigenvalue weighted by Crippen LogP contribution is 2.38. The highest BCUT2D eigenvalue weighted by molar-refractivity contribution is 7.89. The van der Waals surface area contributed by atoms with Crippen LogP contribution in [0.15, 0.2) is 64.9 Å². The molecule has 1 aliphatic rings. The summed E-state index contributed by atoms with van der Waals surface area (Å²) in [5, 5.41) is 21.8. The van der Waals surface area contributed by atoms with Crippen LogP contribution in [0.2, 0.25) is 4.34 Å². The van der Waals surface area contributed by atoms with E-state index in [4.69, 9.17) is 21.8 Å². The van der Waals surface area contributed by atoms with Crippen molar-refractivity contribution in [1.82, 2.24) is 14.8 Å². The summed E-state index contributed by atoms with van der Waals surface area (Å²) in [5.41, 5.74) is 4.66. The van der Waals surface area contributed by atoms with Crippen LogP contribution in [0.25, 0.3) is 16.4 Å². The fourth-order valence-corrected chi connectivity index (χ4v) is 6.73. The molecule has 3 N–H and O–H groups in total. The number of carboxylic acid groups (broad SMARTS) is 1. The van der Waals surface area contributed by atoms with Gasteiger partial charge in [0, 0.05) is 28.5 Å². The molecule has 3 aromatic heterocycles. The molecule has 1 fully saturated rings. The van der Waals surface area contributed by atoms with Gasteiger partial charge < -0.3 is 9.66 Å². The molecule has 5 aromatic rings. The average Bonchev–Trinajstić information content (AvgIpc) is 3.31. The zero-order chi connectivity index (χ0) is 29.4. The quantitative estimate of drug-likeness (QED) is 0.149. The van der Waals surface area contributed by atoms with E-state index in [1.807, 2.05) is 36.4 Å². The minimum atomic E-state index is -1.94. The Bertz CT molecular complexity index is 1870. The van der Waals surface area contributed by atoms with Gasteiger partial charge in [-0.05, 0) is 67.1 Å². The second-order valence-electron chi connectivity index (χ2n) is 9.83. The SMILES string of the molecule is N[S+]([O-])c1ccc(Cc2c(-c3cccc(C#Cc4ccc(Cl)s4)c3)nn(-c3nc(C(=O)O)cs3)c2CC2CC2)cc1F. The summed E-state index contributed by atoms with van der Waals surface area (Å²) in [5.74, 6) is 5.06. The highest BCUT2D eigenvalue weighted by atomic mass is 35.5. The lowest BCUT2D eigenvalue weighted by atomic mass is 9.96. The first kappa shape index (κ1) is 28.6. The average molecular weight is 637 g/mol. The second kappa shape index (κ2) is 12.0. The van der Waals surface area contributed by atoms with E-state index in [1.165, 1.54) is 40.2 Å². The third-order valence-corrected chi connectivity index (χ3v) is 9.52. The van der Waals surface area contributed by atoms with Gasteiger partial charge in [0.15, 0.2) is 11.5 Å². The molecule has 12 heteroatoms. The van der Waals surface area contributed by atoms with Crippen molar-refractivity contribution in [1.29, 1.82) is 0 Å². The zero-order valence-corrected chi connectivity index (χ0v) is 25.0. The summed E-state index contributed by atoms with van der Waals surface area (Å²) in [6.07, 6.45) is 3.23. The Labute approximate surface area is 257 Å². The summed E-state index contributed by atoms with van der Waals surface area (Å²) >= 11 is 6.72. The molecule has 212 valence electrons. The summed E-state index contributed by atoms with van der Waals surface area (Å²) in [6.45, 7) is 0. The summed E-state index contributed by atoms with van der Waals surface area (Å²) < 4.78 is 28.9. The number of halogens is 2. The van der Waals surface area contributed by atoms with Gasteiger partial charge in [-0.2, -0.15) is 5.10 Å². The lowest BCUT2D eigenvalue weighted by Crippen LogP contribution is -2.14. The molecule has 1 unspecified atom stereocenters. The number of nitrogens with zero attached hydrogens (tertiary/aromatic N) is 3. The monoisotopic (exact) mass is 636 g/mol. The molecule has 0 bridgehead atoms. The standard InChI is InChI=1S/C30H22ClFN4O3S3/c31-27-11-9-21(41-27)8-6-17-2-1-3-20(12-17)28-22(13-19-7-10-26(42(33)39)23(32)14-19)25(15-18-4-5-18)36(35-28)30-34-24(16-40-30)29(37)38/h1-3,7,9-12,14,16,18H,4-5,13,15,33H2,(H,37,38). The number of aromatic nitrogens is 3. The van der Waals surface area contributed by atoms with Gasteiger partial charge in [-0.3, -0.25) is 0 Å². The first-order chi connectivity index (χ1) is 20.2. The van der Waals surface area contributed by atoms with Crippen LogP contribution in [0.4, 0.5) is 4.39 Å². The molecular weight excluding hydrogens is 615 g/mol. The van der Waals surface area contributed by atoms with Crippen LogP contribution < -0.4 is 5.14 Å². The van der Waals surface area contributed by atoms with Gasteiger partial charge >= 0.3 is 5.97 Å². The van der Waals surface area contributed by atoms with Gasteiger partial charge in [0.1, 0.15) is 0 Å². The van der Waals surface area contributed by atoms with Crippen molar-refractivity contribution >= 4 is 51.6 Å². The highest BCUT2D eigenvalue weighted by Gasteiger charge is 2.29. The number of aromatic carboxylic acids is 1. The van der Waals surface area contributed by atoms with Gasteiger partial charge in [-0.15, -0.1) is 27.8 Å². The summed E-state index contributed by atoms with van der Waals surface area (Å²) in [7, 11) is 0. The molecule has 0 aliphatic heterocycles. The molecule has 42 heavy (non-hydrogen) atoms. The van der Waals surface area contributed by atoms with Gasteiger partial charge in [-0.25, -0.2) is 18.9 Å². The Hall–Kier alpha value is -3.50. The maximum absolute atomic E-state index is 14.8. The molecule has 1 saturated carbocycles. The van der Waals surface area contributed by atoms with Crippen molar-refractivity contribution in [3.63, 3.8) is 0 Å². The number of hydrogen-bond donors (Lipinski definition) is 2. The number of rotatable bonds is 8. The zero-order valence-electron chi connectivity index (χ0n) is 21.8. The lowest BCUT2D eigenvalue weighted by molar-refractivity contribution is 0.0691. The Morgan fingerprint density at radius 2 is 2.05 bits per heavy atom. The van der Waals surface area contributed by atoms with Gasteiger partial charge in [0.05, 0.1) is 32.0 Å².